The smallest absolute Gasteiger partial charge is 0.329 e. The molecule has 2 N–H and O–H groups in total. The Kier molecular flexibility index (Phi) is 9.53. The minimum Gasteiger partial charge on any atom is -0.497 e. The van der Waals surface area contributed by atoms with Crippen molar-refractivity contribution < 1.29 is 28.6 Å². The number of nitrogens with one attached hydrogen (secondary N) is 2. The first-order chi connectivity index (χ1) is 15.3. The van der Waals surface area contributed by atoms with E-state index in [4.69, 9.17) is 14.2 Å². The number of carbonyl (C=O) groups is 3. The molecule has 0 spiro atoms. The molecule has 2 amide bonds. The van der Waals surface area contributed by atoms with E-state index in [2.05, 4.69) is 10.6 Å². The SMILES string of the molecule is CCOc1ccc(C(=O)NC(C(=O)OCC(=O)NCc2ccc(OC)cc2)C(C)C)cc1. The molecule has 0 heterocycles. The van der Waals surface area contributed by atoms with Gasteiger partial charge in [0.2, 0.25) is 0 Å². The number of amides is 2. The molecule has 0 aromatic heterocycles. The van der Waals surface area contributed by atoms with Crippen LogP contribution in [0, 0.1) is 5.92 Å². The van der Waals surface area contributed by atoms with Crippen LogP contribution in [0.2, 0.25) is 0 Å². The van der Waals surface area contributed by atoms with Crippen LogP contribution in [0.1, 0.15) is 36.7 Å². The van der Waals surface area contributed by atoms with Crippen LogP contribution in [-0.2, 0) is 20.9 Å². The number of hydrogen-bond acceptors (Lipinski definition) is 6. The largest absolute Gasteiger partial charge is 0.497 e. The third kappa shape index (κ3) is 7.61. The Balaban J connectivity index is 1.84. The Bertz CT molecular complexity index is 894. The zero-order valence-corrected chi connectivity index (χ0v) is 18.8. The van der Waals surface area contributed by atoms with Crippen LogP contribution in [0.3, 0.4) is 0 Å². The fraction of sp³-hybridized carbons (Fsp3) is 0.375. The third-order valence-electron chi connectivity index (χ3n) is 4.63. The highest BCUT2D eigenvalue weighted by atomic mass is 16.5. The summed E-state index contributed by atoms with van der Waals surface area (Å²) >= 11 is 0. The fourth-order valence-electron chi connectivity index (χ4n) is 2.81. The van der Waals surface area contributed by atoms with Gasteiger partial charge in [-0.1, -0.05) is 26.0 Å². The van der Waals surface area contributed by atoms with E-state index >= 15 is 0 Å². The molecule has 172 valence electrons. The Hall–Kier alpha value is -3.55. The number of benzene rings is 2. The third-order valence-corrected chi connectivity index (χ3v) is 4.63. The Morgan fingerprint density at radius 2 is 1.56 bits per heavy atom. The van der Waals surface area contributed by atoms with Crippen LogP contribution < -0.4 is 20.1 Å². The average molecular weight is 443 g/mol. The minimum atomic E-state index is -0.886. The summed E-state index contributed by atoms with van der Waals surface area (Å²) < 4.78 is 15.6. The lowest BCUT2D eigenvalue weighted by Gasteiger charge is -2.21. The maximum Gasteiger partial charge on any atom is 0.329 e. The van der Waals surface area contributed by atoms with Gasteiger partial charge >= 0.3 is 5.97 Å². The van der Waals surface area contributed by atoms with E-state index in [-0.39, 0.29) is 5.92 Å². The van der Waals surface area contributed by atoms with Gasteiger partial charge in [0.05, 0.1) is 13.7 Å². The van der Waals surface area contributed by atoms with E-state index in [1.54, 1.807) is 57.4 Å². The van der Waals surface area contributed by atoms with Crippen LogP contribution in [-0.4, -0.2) is 44.1 Å². The van der Waals surface area contributed by atoms with Crippen molar-refractivity contribution >= 4 is 17.8 Å². The molecule has 0 saturated heterocycles. The topological polar surface area (TPSA) is 103 Å². The molecule has 0 aliphatic heterocycles. The summed E-state index contributed by atoms with van der Waals surface area (Å²) in [5, 5.41) is 5.36. The summed E-state index contributed by atoms with van der Waals surface area (Å²) in [6.45, 7) is 5.83. The van der Waals surface area contributed by atoms with Crippen molar-refractivity contribution in [3.05, 3.63) is 59.7 Å². The van der Waals surface area contributed by atoms with Crippen molar-refractivity contribution in [2.75, 3.05) is 20.3 Å². The maximum atomic E-state index is 12.5. The van der Waals surface area contributed by atoms with Gasteiger partial charge in [0.25, 0.3) is 11.8 Å². The Morgan fingerprint density at radius 1 is 0.938 bits per heavy atom. The van der Waals surface area contributed by atoms with E-state index in [0.717, 1.165) is 11.3 Å². The normalized spacial score (nSPS) is 11.4. The number of methoxy groups -OCH3 is 1. The lowest BCUT2D eigenvalue weighted by molar-refractivity contribution is -0.151. The van der Waals surface area contributed by atoms with Crippen LogP contribution in [0.15, 0.2) is 48.5 Å². The monoisotopic (exact) mass is 442 g/mol. The number of rotatable bonds is 11. The summed E-state index contributed by atoms with van der Waals surface area (Å²) in [4.78, 5) is 37.1. The number of carbonyl (C=O) groups excluding carboxylic acids is 3. The van der Waals surface area contributed by atoms with E-state index in [0.29, 0.717) is 24.5 Å². The first-order valence-corrected chi connectivity index (χ1v) is 10.4. The summed E-state index contributed by atoms with van der Waals surface area (Å²) in [6, 6.07) is 13.0. The molecule has 32 heavy (non-hydrogen) atoms. The van der Waals surface area contributed by atoms with E-state index in [1.807, 2.05) is 19.1 Å². The molecule has 0 radical (unpaired) electrons. The van der Waals surface area contributed by atoms with Gasteiger partial charge in [-0.2, -0.15) is 0 Å². The molecular formula is C24H30N2O6. The first kappa shape index (κ1) is 24.7. The molecule has 2 aromatic carbocycles. The zero-order chi connectivity index (χ0) is 23.5. The van der Waals surface area contributed by atoms with E-state index in [1.165, 1.54) is 0 Å². The van der Waals surface area contributed by atoms with Crippen molar-refractivity contribution in [1.29, 1.82) is 0 Å². The molecule has 0 bridgehead atoms. The maximum absolute atomic E-state index is 12.5. The van der Waals surface area contributed by atoms with Crippen LogP contribution in [0.4, 0.5) is 0 Å². The predicted octanol–water partition coefficient (Wildman–Crippen LogP) is 2.71. The van der Waals surface area contributed by atoms with Crippen LogP contribution in [0.25, 0.3) is 0 Å². The first-order valence-electron chi connectivity index (χ1n) is 10.4. The van der Waals surface area contributed by atoms with Gasteiger partial charge in [-0.3, -0.25) is 9.59 Å². The molecule has 2 aromatic rings. The zero-order valence-electron chi connectivity index (χ0n) is 18.8. The van der Waals surface area contributed by atoms with Crippen LogP contribution in [0.5, 0.6) is 11.5 Å². The van der Waals surface area contributed by atoms with Gasteiger partial charge in [-0.15, -0.1) is 0 Å². The van der Waals surface area contributed by atoms with Crippen LogP contribution >= 0.6 is 0 Å². The average Bonchev–Trinajstić information content (AvgIpc) is 2.80. The van der Waals surface area contributed by atoms with Crippen molar-refractivity contribution in [2.24, 2.45) is 5.92 Å². The quantitative estimate of drug-likeness (QED) is 0.519. The molecule has 0 aliphatic rings. The second-order valence-electron chi connectivity index (χ2n) is 7.39. The van der Waals surface area contributed by atoms with Gasteiger partial charge in [0.1, 0.15) is 17.5 Å². The highest BCUT2D eigenvalue weighted by Crippen LogP contribution is 2.13. The summed E-state index contributed by atoms with van der Waals surface area (Å²) in [7, 11) is 1.58. The standard InChI is InChI=1S/C24H30N2O6/c1-5-31-20-12-8-18(9-13-20)23(28)26-22(16(2)3)24(29)32-15-21(27)25-14-17-6-10-19(30-4)11-7-17/h6-13,16,22H,5,14-15H2,1-4H3,(H,25,27)(H,26,28). The number of esters is 1. The highest BCUT2D eigenvalue weighted by molar-refractivity contribution is 5.97. The highest BCUT2D eigenvalue weighted by Gasteiger charge is 2.26. The van der Waals surface area contributed by atoms with Gasteiger partial charge in [-0.05, 0) is 54.8 Å². The Morgan fingerprint density at radius 3 is 2.12 bits per heavy atom. The van der Waals surface area contributed by atoms with Gasteiger partial charge in [0.15, 0.2) is 6.61 Å². The number of hydrogen-bond donors (Lipinski definition) is 2. The van der Waals surface area contributed by atoms with E-state index < -0.39 is 30.4 Å². The molecule has 0 saturated carbocycles. The predicted molar refractivity (Wildman–Crippen MR) is 120 cm³/mol. The molecule has 0 fully saturated rings. The van der Waals surface area contributed by atoms with Crippen molar-refractivity contribution in [2.45, 2.75) is 33.4 Å². The number of ether oxygens (including phenoxy) is 3. The molecule has 8 heteroatoms. The second-order valence-corrected chi connectivity index (χ2v) is 7.39. The molecule has 2 rings (SSSR count). The summed E-state index contributed by atoms with van der Waals surface area (Å²) in [5.74, 6) is -0.358. The minimum absolute atomic E-state index is 0.225. The molecule has 0 aliphatic carbocycles. The molecule has 8 nitrogen and oxygen atoms in total. The lowest BCUT2D eigenvalue weighted by Crippen LogP contribution is -2.46. The summed E-state index contributed by atoms with van der Waals surface area (Å²) in [6.07, 6.45) is 0. The van der Waals surface area contributed by atoms with Crippen molar-refractivity contribution in [1.82, 2.24) is 10.6 Å². The fourth-order valence-corrected chi connectivity index (χ4v) is 2.81. The second kappa shape index (κ2) is 12.3. The lowest BCUT2D eigenvalue weighted by atomic mass is 10.0. The van der Waals surface area contributed by atoms with Gasteiger partial charge < -0.3 is 24.8 Å². The molecule has 1 atom stereocenters. The van der Waals surface area contributed by atoms with Crippen molar-refractivity contribution in [3.63, 3.8) is 0 Å². The van der Waals surface area contributed by atoms with E-state index in [9.17, 15) is 14.4 Å². The van der Waals surface area contributed by atoms with Crippen molar-refractivity contribution in [3.8, 4) is 11.5 Å². The molecule has 1 unspecified atom stereocenters. The summed E-state index contributed by atoms with van der Waals surface area (Å²) in [5.41, 5.74) is 1.28. The Labute approximate surface area is 188 Å². The molecular weight excluding hydrogens is 412 g/mol. The van der Waals surface area contributed by atoms with Gasteiger partial charge in [0, 0.05) is 12.1 Å². The van der Waals surface area contributed by atoms with Gasteiger partial charge in [-0.25, -0.2) is 4.79 Å².